The van der Waals surface area contributed by atoms with E-state index in [1.807, 2.05) is 54.6 Å². The maximum atomic E-state index is 13.3. The van der Waals surface area contributed by atoms with Gasteiger partial charge < -0.3 is 9.47 Å². The standard InChI is InChI=1S/C27H25N3O5S/c1-34-16-8-15-29-26(31)25(36-27(29)28-22-11-3-2-4-12-22)18-21-10-5-6-14-24(21)35-19-20-9-7-13-23(17-20)30(32)33/h2-7,9-14,17-18H,8,15-16,19H2,1H3/b25-18-,28-27?. The number of benzene rings is 3. The van der Waals surface area contributed by atoms with Gasteiger partial charge in [-0.2, -0.15) is 0 Å². The van der Waals surface area contributed by atoms with Crippen LogP contribution in [0.25, 0.3) is 6.08 Å². The van der Waals surface area contributed by atoms with Crippen LogP contribution in [0.5, 0.6) is 5.75 Å². The summed E-state index contributed by atoms with van der Waals surface area (Å²) in [6.45, 7) is 1.20. The van der Waals surface area contributed by atoms with E-state index in [0.717, 1.165) is 11.3 Å². The lowest BCUT2D eigenvalue weighted by atomic mass is 10.1. The third kappa shape index (κ3) is 6.38. The van der Waals surface area contributed by atoms with Gasteiger partial charge in [-0.05, 0) is 48.0 Å². The van der Waals surface area contributed by atoms with Crippen molar-refractivity contribution < 1.29 is 19.2 Å². The number of carbonyl (C=O) groups excluding carboxylic acids is 1. The van der Waals surface area contributed by atoms with Crippen molar-refractivity contribution in [2.24, 2.45) is 4.99 Å². The normalized spacial score (nSPS) is 15.6. The largest absolute Gasteiger partial charge is 0.488 e. The van der Waals surface area contributed by atoms with Crippen molar-refractivity contribution in [1.82, 2.24) is 4.90 Å². The van der Waals surface area contributed by atoms with Gasteiger partial charge in [-0.15, -0.1) is 0 Å². The minimum Gasteiger partial charge on any atom is -0.488 e. The third-order valence-electron chi connectivity index (χ3n) is 5.32. The molecule has 0 N–H and O–H groups in total. The highest BCUT2D eigenvalue weighted by atomic mass is 32.2. The average Bonchev–Trinajstić information content (AvgIpc) is 3.18. The van der Waals surface area contributed by atoms with Crippen molar-refractivity contribution >= 4 is 40.3 Å². The molecule has 0 radical (unpaired) electrons. The van der Waals surface area contributed by atoms with Gasteiger partial charge in [-0.1, -0.05) is 48.5 Å². The first-order valence-electron chi connectivity index (χ1n) is 11.3. The maximum Gasteiger partial charge on any atom is 0.269 e. The predicted octanol–water partition coefficient (Wildman–Crippen LogP) is 5.81. The quantitative estimate of drug-likeness (QED) is 0.150. The van der Waals surface area contributed by atoms with Crippen LogP contribution in [0.3, 0.4) is 0 Å². The third-order valence-corrected chi connectivity index (χ3v) is 6.33. The maximum absolute atomic E-state index is 13.3. The van der Waals surface area contributed by atoms with Gasteiger partial charge in [0.15, 0.2) is 5.17 Å². The Kier molecular flexibility index (Phi) is 8.48. The number of methoxy groups -OCH3 is 1. The second kappa shape index (κ2) is 12.1. The molecule has 0 aliphatic carbocycles. The Labute approximate surface area is 213 Å². The molecule has 8 nitrogen and oxygen atoms in total. The molecule has 0 bridgehead atoms. The van der Waals surface area contributed by atoms with Crippen LogP contribution in [0, 0.1) is 10.1 Å². The molecule has 1 aliphatic rings. The predicted molar refractivity (Wildman–Crippen MR) is 141 cm³/mol. The van der Waals surface area contributed by atoms with Crippen molar-refractivity contribution in [2.75, 3.05) is 20.3 Å². The molecule has 1 aliphatic heterocycles. The molecule has 184 valence electrons. The number of amidine groups is 1. The van der Waals surface area contributed by atoms with E-state index in [0.29, 0.717) is 41.0 Å². The lowest BCUT2D eigenvalue weighted by molar-refractivity contribution is -0.384. The van der Waals surface area contributed by atoms with Crippen LogP contribution < -0.4 is 4.74 Å². The van der Waals surface area contributed by atoms with Crippen LogP contribution in [-0.2, 0) is 16.1 Å². The molecule has 1 fully saturated rings. The summed E-state index contributed by atoms with van der Waals surface area (Å²) >= 11 is 1.32. The summed E-state index contributed by atoms with van der Waals surface area (Å²) in [7, 11) is 1.63. The minimum atomic E-state index is -0.433. The highest BCUT2D eigenvalue weighted by molar-refractivity contribution is 8.18. The average molecular weight is 504 g/mol. The van der Waals surface area contributed by atoms with Crippen molar-refractivity contribution in [3.63, 3.8) is 0 Å². The van der Waals surface area contributed by atoms with Gasteiger partial charge in [0, 0.05) is 38.0 Å². The van der Waals surface area contributed by atoms with Crippen LogP contribution in [0.2, 0.25) is 0 Å². The molecule has 0 aromatic heterocycles. The highest BCUT2D eigenvalue weighted by Crippen LogP contribution is 2.35. The zero-order valence-electron chi connectivity index (χ0n) is 19.7. The van der Waals surface area contributed by atoms with Crippen LogP contribution >= 0.6 is 11.8 Å². The van der Waals surface area contributed by atoms with E-state index in [1.165, 1.54) is 23.9 Å². The number of nitrogens with zero attached hydrogens (tertiary/aromatic N) is 3. The van der Waals surface area contributed by atoms with E-state index in [-0.39, 0.29) is 18.2 Å². The molecule has 1 heterocycles. The van der Waals surface area contributed by atoms with Crippen LogP contribution in [0.1, 0.15) is 17.5 Å². The van der Waals surface area contributed by atoms with Crippen molar-refractivity contribution in [1.29, 1.82) is 0 Å². The molecular weight excluding hydrogens is 478 g/mol. The number of hydrogen-bond acceptors (Lipinski definition) is 7. The molecule has 1 amide bonds. The van der Waals surface area contributed by atoms with Crippen LogP contribution in [0.4, 0.5) is 11.4 Å². The Morgan fingerprint density at radius 3 is 2.61 bits per heavy atom. The topological polar surface area (TPSA) is 94.3 Å². The van der Waals surface area contributed by atoms with Gasteiger partial charge in [-0.3, -0.25) is 19.8 Å². The Morgan fingerprint density at radius 1 is 1.06 bits per heavy atom. The van der Waals surface area contributed by atoms with E-state index in [4.69, 9.17) is 14.5 Å². The number of ether oxygens (including phenoxy) is 2. The summed E-state index contributed by atoms with van der Waals surface area (Å²) in [4.78, 5) is 30.8. The van der Waals surface area contributed by atoms with Gasteiger partial charge in [0.05, 0.1) is 15.5 Å². The van der Waals surface area contributed by atoms with Crippen LogP contribution in [-0.4, -0.2) is 41.2 Å². The summed E-state index contributed by atoms with van der Waals surface area (Å²) in [6.07, 6.45) is 2.49. The second-order valence-corrected chi connectivity index (χ2v) is 8.91. The van der Waals surface area contributed by atoms with Gasteiger partial charge in [-0.25, -0.2) is 4.99 Å². The fourth-order valence-corrected chi connectivity index (χ4v) is 4.58. The molecule has 4 rings (SSSR count). The molecule has 0 saturated carbocycles. The number of carbonyl (C=O) groups is 1. The number of rotatable bonds is 10. The Balaban J connectivity index is 1.57. The van der Waals surface area contributed by atoms with E-state index >= 15 is 0 Å². The van der Waals surface area contributed by atoms with E-state index in [2.05, 4.69) is 0 Å². The Bertz CT molecular complexity index is 1290. The second-order valence-electron chi connectivity index (χ2n) is 7.90. The summed E-state index contributed by atoms with van der Waals surface area (Å²) in [5, 5.41) is 11.7. The molecule has 9 heteroatoms. The van der Waals surface area contributed by atoms with Gasteiger partial charge in [0.1, 0.15) is 12.4 Å². The van der Waals surface area contributed by atoms with E-state index in [1.54, 1.807) is 30.2 Å². The van der Waals surface area contributed by atoms with Crippen molar-refractivity contribution in [2.45, 2.75) is 13.0 Å². The number of non-ortho nitro benzene ring substituents is 1. The number of hydrogen-bond donors (Lipinski definition) is 0. The van der Waals surface area contributed by atoms with Crippen molar-refractivity contribution in [3.05, 3.63) is 105 Å². The molecule has 3 aromatic carbocycles. The Hall–Kier alpha value is -3.95. The first-order chi connectivity index (χ1) is 17.5. The zero-order chi connectivity index (χ0) is 25.3. The molecule has 1 saturated heterocycles. The molecular formula is C27H25N3O5S. The van der Waals surface area contributed by atoms with Crippen LogP contribution in [0.15, 0.2) is 88.8 Å². The number of nitro benzene ring substituents is 1. The Morgan fingerprint density at radius 2 is 1.83 bits per heavy atom. The monoisotopic (exact) mass is 503 g/mol. The van der Waals surface area contributed by atoms with E-state index < -0.39 is 4.92 Å². The van der Waals surface area contributed by atoms with Gasteiger partial charge in [0.25, 0.3) is 11.6 Å². The van der Waals surface area contributed by atoms with Gasteiger partial charge >= 0.3 is 0 Å². The molecule has 36 heavy (non-hydrogen) atoms. The minimum absolute atomic E-state index is 0.0123. The highest BCUT2D eigenvalue weighted by Gasteiger charge is 2.33. The fraction of sp³-hybridized carbons (Fsp3) is 0.185. The molecule has 3 aromatic rings. The summed E-state index contributed by atoms with van der Waals surface area (Å²) in [5.74, 6) is 0.448. The lowest BCUT2D eigenvalue weighted by Crippen LogP contribution is -2.30. The summed E-state index contributed by atoms with van der Waals surface area (Å²) < 4.78 is 11.1. The number of nitro groups is 1. The zero-order valence-corrected chi connectivity index (χ0v) is 20.5. The SMILES string of the molecule is COCCCN1C(=O)/C(=C/c2ccccc2OCc2cccc([N+](=O)[O-])c2)SC1=Nc1ccccc1. The molecule has 0 atom stereocenters. The molecule has 0 unspecified atom stereocenters. The number of aliphatic imine (C=N–C) groups is 1. The smallest absolute Gasteiger partial charge is 0.269 e. The number of para-hydroxylation sites is 2. The number of amides is 1. The first kappa shape index (κ1) is 25.2. The van der Waals surface area contributed by atoms with Crippen molar-refractivity contribution in [3.8, 4) is 5.75 Å². The van der Waals surface area contributed by atoms with Gasteiger partial charge in [0.2, 0.25) is 0 Å². The van der Waals surface area contributed by atoms with E-state index in [9.17, 15) is 14.9 Å². The first-order valence-corrected chi connectivity index (χ1v) is 12.2. The lowest BCUT2D eigenvalue weighted by Gasteiger charge is -2.15. The fourth-order valence-electron chi connectivity index (χ4n) is 3.56. The number of thioether (sulfide) groups is 1. The summed E-state index contributed by atoms with van der Waals surface area (Å²) in [6, 6.07) is 23.2. The molecule has 0 spiro atoms. The summed E-state index contributed by atoms with van der Waals surface area (Å²) in [5.41, 5.74) is 2.20.